The van der Waals surface area contributed by atoms with Crippen molar-refractivity contribution in [2.24, 2.45) is 0 Å². The number of rotatable bonds is 3. The van der Waals surface area contributed by atoms with Gasteiger partial charge in [0.2, 0.25) is 5.91 Å². The zero-order valence-corrected chi connectivity index (χ0v) is 16.0. The predicted molar refractivity (Wildman–Crippen MR) is 101 cm³/mol. The highest BCUT2D eigenvalue weighted by Gasteiger charge is 2.38. The van der Waals surface area contributed by atoms with Crippen molar-refractivity contribution in [3.8, 4) is 11.3 Å². The largest absolute Gasteiger partial charge is 0.360 e. The second kappa shape index (κ2) is 7.27. The molecule has 0 bridgehead atoms. The van der Waals surface area contributed by atoms with Crippen LogP contribution in [0.1, 0.15) is 29.0 Å². The van der Waals surface area contributed by atoms with Crippen molar-refractivity contribution < 1.29 is 18.9 Å². The number of aryl methyl sites for hydroxylation is 1. The van der Waals surface area contributed by atoms with E-state index in [1.54, 1.807) is 30.0 Å². The fourth-order valence-corrected chi connectivity index (χ4v) is 3.98. The van der Waals surface area contributed by atoms with Crippen LogP contribution in [-0.4, -0.2) is 58.5 Å². The molecule has 9 heteroatoms. The maximum absolute atomic E-state index is 13.2. The Balaban J connectivity index is 1.53. The van der Waals surface area contributed by atoms with Gasteiger partial charge in [0.15, 0.2) is 0 Å². The molecule has 28 heavy (non-hydrogen) atoms. The molecule has 4 amide bonds. The van der Waals surface area contributed by atoms with E-state index in [9.17, 15) is 14.4 Å². The van der Waals surface area contributed by atoms with Gasteiger partial charge < -0.3 is 14.7 Å². The maximum atomic E-state index is 13.2. The van der Waals surface area contributed by atoms with E-state index in [1.165, 1.54) is 4.90 Å². The summed E-state index contributed by atoms with van der Waals surface area (Å²) in [5.74, 6) is 0.0196. The molecule has 0 aliphatic carbocycles. The molecule has 8 nitrogen and oxygen atoms in total. The summed E-state index contributed by atoms with van der Waals surface area (Å²) in [6, 6.07) is 6.61. The number of imide groups is 1. The number of hydrogen-bond donors (Lipinski definition) is 1. The van der Waals surface area contributed by atoms with Crippen molar-refractivity contribution in [2.45, 2.75) is 25.8 Å². The van der Waals surface area contributed by atoms with Crippen LogP contribution in [-0.2, 0) is 4.79 Å². The zero-order chi connectivity index (χ0) is 19.8. The molecule has 2 saturated heterocycles. The number of likely N-dealkylation sites (tertiary alicyclic amines) is 1. The van der Waals surface area contributed by atoms with Gasteiger partial charge in [0.05, 0.1) is 11.6 Å². The molecule has 0 unspecified atom stereocenters. The highest BCUT2D eigenvalue weighted by molar-refractivity contribution is 6.33. The zero-order valence-electron chi connectivity index (χ0n) is 15.3. The van der Waals surface area contributed by atoms with Gasteiger partial charge in [-0.2, -0.15) is 0 Å². The minimum Gasteiger partial charge on any atom is -0.360 e. The van der Waals surface area contributed by atoms with E-state index in [2.05, 4.69) is 10.5 Å². The smallest absolute Gasteiger partial charge is 0.324 e. The van der Waals surface area contributed by atoms with Crippen molar-refractivity contribution in [1.29, 1.82) is 0 Å². The average Bonchev–Trinajstić information content (AvgIpc) is 3.24. The van der Waals surface area contributed by atoms with E-state index < -0.39 is 0 Å². The predicted octanol–water partition coefficient (Wildman–Crippen LogP) is 2.46. The Labute approximate surface area is 166 Å². The summed E-state index contributed by atoms with van der Waals surface area (Å²) in [6.45, 7) is 2.61. The third-order valence-corrected chi connectivity index (χ3v) is 5.53. The standard InChI is InChI=1S/C19H19ClN4O4/c1-11-16(17(22-28-11)13-4-2-3-5-14(13)20)18(26)23-8-6-12(7-9-23)24-15(25)10-21-19(24)27/h2-5,12H,6-10H2,1H3,(H,21,27). The fraction of sp³-hybridized carbons (Fsp3) is 0.368. The van der Waals surface area contributed by atoms with Gasteiger partial charge >= 0.3 is 6.03 Å². The first-order valence-electron chi connectivity index (χ1n) is 9.07. The Bertz CT molecular complexity index is 933. The number of halogens is 1. The van der Waals surface area contributed by atoms with Crippen LogP contribution >= 0.6 is 11.6 Å². The molecular formula is C19H19ClN4O4. The summed E-state index contributed by atoms with van der Waals surface area (Å²) < 4.78 is 5.29. The first-order valence-corrected chi connectivity index (χ1v) is 9.45. The van der Waals surface area contributed by atoms with Gasteiger partial charge in [-0.1, -0.05) is 35.0 Å². The second-order valence-electron chi connectivity index (χ2n) is 6.89. The Hall–Kier alpha value is -2.87. The SMILES string of the molecule is Cc1onc(-c2ccccc2Cl)c1C(=O)N1CCC(N2C(=O)CNC2=O)CC1. The molecular weight excluding hydrogens is 384 g/mol. The molecule has 146 valence electrons. The monoisotopic (exact) mass is 402 g/mol. The lowest BCUT2D eigenvalue weighted by Crippen LogP contribution is -2.49. The van der Waals surface area contributed by atoms with E-state index in [4.69, 9.17) is 16.1 Å². The summed E-state index contributed by atoms with van der Waals surface area (Å²) in [6.07, 6.45) is 1.08. The molecule has 0 spiro atoms. The third-order valence-electron chi connectivity index (χ3n) is 5.20. The Morgan fingerprint density at radius 2 is 1.96 bits per heavy atom. The molecule has 1 aromatic heterocycles. The maximum Gasteiger partial charge on any atom is 0.324 e. The quantitative estimate of drug-likeness (QED) is 0.795. The van der Waals surface area contributed by atoms with E-state index in [0.717, 1.165) is 0 Å². The number of nitrogens with zero attached hydrogens (tertiary/aromatic N) is 3. The number of aromatic nitrogens is 1. The van der Waals surface area contributed by atoms with Crippen molar-refractivity contribution in [2.75, 3.05) is 19.6 Å². The molecule has 2 aromatic rings. The first-order chi connectivity index (χ1) is 13.5. The van der Waals surface area contributed by atoms with Gasteiger partial charge in [-0.05, 0) is 25.8 Å². The molecule has 3 heterocycles. The van der Waals surface area contributed by atoms with E-state index in [1.807, 2.05) is 6.07 Å². The normalized spacial score (nSPS) is 17.9. The summed E-state index contributed by atoms with van der Waals surface area (Å²) in [5.41, 5.74) is 1.45. The van der Waals surface area contributed by atoms with Gasteiger partial charge in [0.25, 0.3) is 5.91 Å². The van der Waals surface area contributed by atoms with Crippen LogP contribution in [0.25, 0.3) is 11.3 Å². The summed E-state index contributed by atoms with van der Waals surface area (Å²) >= 11 is 6.27. The van der Waals surface area contributed by atoms with Crippen molar-refractivity contribution in [3.63, 3.8) is 0 Å². The first kappa shape index (κ1) is 18.5. The number of urea groups is 1. The lowest BCUT2D eigenvalue weighted by Gasteiger charge is -2.35. The van der Waals surface area contributed by atoms with E-state index in [-0.39, 0.29) is 30.4 Å². The molecule has 1 aromatic carbocycles. The number of amides is 4. The Morgan fingerprint density at radius 3 is 2.61 bits per heavy atom. The number of hydrogen-bond acceptors (Lipinski definition) is 5. The van der Waals surface area contributed by atoms with E-state index in [0.29, 0.717) is 53.5 Å². The molecule has 1 N–H and O–H groups in total. The van der Waals surface area contributed by atoms with Crippen molar-refractivity contribution >= 4 is 29.4 Å². The number of carbonyl (C=O) groups excluding carboxylic acids is 3. The van der Waals surface area contributed by atoms with Gasteiger partial charge in [-0.15, -0.1) is 0 Å². The van der Waals surface area contributed by atoms with Crippen LogP contribution in [0.5, 0.6) is 0 Å². The van der Waals surface area contributed by atoms with Crippen LogP contribution in [0, 0.1) is 6.92 Å². The average molecular weight is 403 g/mol. The van der Waals surface area contributed by atoms with Crippen LogP contribution in [0.2, 0.25) is 5.02 Å². The van der Waals surface area contributed by atoms with Crippen LogP contribution < -0.4 is 5.32 Å². The molecule has 4 rings (SSSR count). The Kier molecular flexibility index (Phi) is 4.80. The third kappa shape index (κ3) is 3.13. The molecule has 0 radical (unpaired) electrons. The number of benzene rings is 1. The highest BCUT2D eigenvalue weighted by atomic mass is 35.5. The van der Waals surface area contributed by atoms with Gasteiger partial charge in [0, 0.05) is 24.7 Å². The number of piperidine rings is 1. The summed E-state index contributed by atoms with van der Waals surface area (Å²) in [4.78, 5) is 39.9. The van der Waals surface area contributed by atoms with Gasteiger partial charge in [0.1, 0.15) is 17.0 Å². The molecule has 0 saturated carbocycles. The highest BCUT2D eigenvalue weighted by Crippen LogP contribution is 2.32. The topological polar surface area (TPSA) is 95.8 Å². The van der Waals surface area contributed by atoms with Crippen LogP contribution in [0.4, 0.5) is 4.79 Å². The van der Waals surface area contributed by atoms with Crippen LogP contribution in [0.15, 0.2) is 28.8 Å². The minimum atomic E-state index is -0.356. The summed E-state index contributed by atoms with van der Waals surface area (Å²) in [7, 11) is 0. The molecule has 2 fully saturated rings. The molecule has 2 aliphatic rings. The van der Waals surface area contributed by atoms with Crippen LogP contribution in [0.3, 0.4) is 0 Å². The minimum absolute atomic E-state index is 0.0407. The fourth-order valence-electron chi connectivity index (χ4n) is 3.75. The van der Waals surface area contributed by atoms with Gasteiger partial charge in [-0.3, -0.25) is 14.5 Å². The summed E-state index contributed by atoms with van der Waals surface area (Å²) in [5, 5.41) is 7.07. The molecule has 0 atom stereocenters. The van der Waals surface area contributed by atoms with E-state index >= 15 is 0 Å². The van der Waals surface area contributed by atoms with Crippen molar-refractivity contribution in [1.82, 2.24) is 20.3 Å². The van der Waals surface area contributed by atoms with Gasteiger partial charge in [-0.25, -0.2) is 4.79 Å². The number of carbonyl (C=O) groups is 3. The second-order valence-corrected chi connectivity index (χ2v) is 7.30. The molecule has 2 aliphatic heterocycles. The van der Waals surface area contributed by atoms with Crippen molar-refractivity contribution in [3.05, 3.63) is 40.6 Å². The lowest BCUT2D eigenvalue weighted by molar-refractivity contribution is -0.127. The lowest BCUT2D eigenvalue weighted by atomic mass is 10.0. The Morgan fingerprint density at radius 1 is 1.25 bits per heavy atom. The number of nitrogens with one attached hydrogen (secondary N) is 1.